The lowest BCUT2D eigenvalue weighted by Crippen LogP contribution is -2.48. The van der Waals surface area contributed by atoms with Gasteiger partial charge in [-0.15, -0.1) is 0 Å². The first kappa shape index (κ1) is 20.3. The monoisotopic (exact) mass is 431 g/mol. The molecule has 0 N–H and O–H groups in total. The third-order valence-corrected chi connectivity index (χ3v) is 8.14. The lowest BCUT2D eigenvalue weighted by molar-refractivity contribution is 0.181. The van der Waals surface area contributed by atoms with E-state index in [9.17, 15) is 13.2 Å². The average molecular weight is 432 g/mol. The van der Waals surface area contributed by atoms with Gasteiger partial charge in [-0.1, -0.05) is 48.6 Å². The number of piperazine rings is 1. The highest BCUT2D eigenvalue weighted by Crippen LogP contribution is 2.25. The predicted molar refractivity (Wildman–Crippen MR) is 117 cm³/mol. The first-order chi connectivity index (χ1) is 14.0. The Morgan fingerprint density at radius 3 is 2.41 bits per heavy atom. The second kappa shape index (κ2) is 8.39. The van der Waals surface area contributed by atoms with E-state index in [1.54, 1.807) is 27.1 Å². The summed E-state index contributed by atoms with van der Waals surface area (Å²) in [5.74, 6) is 0. The molecule has 0 bridgehead atoms. The van der Waals surface area contributed by atoms with Crippen LogP contribution in [-0.2, 0) is 23.1 Å². The molecule has 1 aliphatic heterocycles. The molecule has 154 valence electrons. The lowest BCUT2D eigenvalue weighted by Gasteiger charge is -2.34. The van der Waals surface area contributed by atoms with Gasteiger partial charge in [-0.3, -0.25) is 14.3 Å². The van der Waals surface area contributed by atoms with E-state index in [4.69, 9.17) is 0 Å². The summed E-state index contributed by atoms with van der Waals surface area (Å²) >= 11 is 1.11. The van der Waals surface area contributed by atoms with E-state index in [1.165, 1.54) is 5.56 Å². The molecule has 6 nitrogen and oxygen atoms in total. The molecule has 0 aliphatic carbocycles. The molecule has 0 atom stereocenters. The van der Waals surface area contributed by atoms with Crippen LogP contribution in [0.3, 0.4) is 0 Å². The van der Waals surface area contributed by atoms with Crippen LogP contribution in [0.4, 0.5) is 0 Å². The molecule has 1 saturated heterocycles. The van der Waals surface area contributed by atoms with Crippen LogP contribution in [0.25, 0.3) is 10.2 Å². The number of aromatic nitrogens is 1. The predicted octanol–water partition coefficient (Wildman–Crippen LogP) is 2.98. The summed E-state index contributed by atoms with van der Waals surface area (Å²) in [6.07, 6.45) is 0.860. The summed E-state index contributed by atoms with van der Waals surface area (Å²) in [4.78, 5) is 14.7. The summed E-state index contributed by atoms with van der Waals surface area (Å²) < 4.78 is 30.3. The molecule has 0 amide bonds. The van der Waals surface area contributed by atoms with Crippen LogP contribution >= 0.6 is 11.3 Å². The first-order valence-electron chi connectivity index (χ1n) is 9.89. The van der Waals surface area contributed by atoms with Crippen LogP contribution in [0.1, 0.15) is 18.9 Å². The van der Waals surface area contributed by atoms with Gasteiger partial charge in [-0.2, -0.15) is 4.31 Å². The lowest BCUT2D eigenvalue weighted by atomic mass is 10.2. The number of nitrogens with zero attached hydrogens (tertiary/aromatic N) is 3. The Hall–Kier alpha value is -2.00. The Kier molecular flexibility index (Phi) is 5.87. The van der Waals surface area contributed by atoms with Crippen molar-refractivity contribution in [3.8, 4) is 0 Å². The van der Waals surface area contributed by atoms with Crippen LogP contribution < -0.4 is 4.87 Å². The van der Waals surface area contributed by atoms with Crippen LogP contribution in [0.15, 0.2) is 58.2 Å². The fourth-order valence-electron chi connectivity index (χ4n) is 3.76. The SMILES string of the molecule is CCCn1c(=O)sc2cc(S(=O)(=O)N3CCN(Cc4ccccc4)CC3)ccc21. The Labute approximate surface area is 175 Å². The number of rotatable bonds is 6. The highest BCUT2D eigenvalue weighted by atomic mass is 32.2. The van der Waals surface area contributed by atoms with Gasteiger partial charge in [0.15, 0.2) is 0 Å². The van der Waals surface area contributed by atoms with Gasteiger partial charge in [0.25, 0.3) is 0 Å². The smallest absolute Gasteiger partial charge is 0.299 e. The van der Waals surface area contributed by atoms with Crippen LogP contribution in [-0.4, -0.2) is 48.4 Å². The largest absolute Gasteiger partial charge is 0.308 e. The zero-order valence-electron chi connectivity index (χ0n) is 16.5. The van der Waals surface area contributed by atoms with Gasteiger partial charge in [0.05, 0.1) is 15.1 Å². The van der Waals surface area contributed by atoms with E-state index in [-0.39, 0.29) is 9.77 Å². The molecular formula is C21H25N3O3S2. The van der Waals surface area contributed by atoms with Gasteiger partial charge in [0, 0.05) is 39.3 Å². The average Bonchev–Trinajstić information content (AvgIpc) is 3.04. The molecule has 2 aromatic carbocycles. The minimum Gasteiger partial charge on any atom is -0.299 e. The van der Waals surface area contributed by atoms with Crippen molar-refractivity contribution in [1.29, 1.82) is 0 Å². The maximum Gasteiger partial charge on any atom is 0.308 e. The van der Waals surface area contributed by atoms with Crippen molar-refractivity contribution in [3.63, 3.8) is 0 Å². The molecule has 1 aromatic heterocycles. The van der Waals surface area contributed by atoms with Gasteiger partial charge in [0.2, 0.25) is 10.0 Å². The fourth-order valence-corrected chi connectivity index (χ4v) is 6.24. The van der Waals surface area contributed by atoms with Gasteiger partial charge in [-0.05, 0) is 30.2 Å². The standard InChI is InChI=1S/C21H25N3O3S2/c1-2-10-24-19-9-8-18(15-20(19)28-21(24)25)29(26,27)23-13-11-22(12-14-23)16-17-6-4-3-5-7-17/h3-9,15H,2,10-14,16H2,1H3. The topological polar surface area (TPSA) is 62.6 Å². The Morgan fingerprint density at radius 1 is 1.00 bits per heavy atom. The van der Waals surface area contributed by atoms with Crippen molar-refractivity contribution in [1.82, 2.24) is 13.8 Å². The molecule has 0 unspecified atom stereocenters. The van der Waals surface area contributed by atoms with E-state index >= 15 is 0 Å². The van der Waals surface area contributed by atoms with Crippen molar-refractivity contribution in [3.05, 3.63) is 63.8 Å². The Bertz CT molecular complexity index is 1140. The molecule has 0 radical (unpaired) electrons. The minimum atomic E-state index is -3.56. The van der Waals surface area contributed by atoms with Crippen LogP contribution in [0, 0.1) is 0 Å². The summed E-state index contributed by atoms with van der Waals surface area (Å²) in [6, 6.07) is 15.3. The Balaban J connectivity index is 1.49. The van der Waals surface area contributed by atoms with Crippen molar-refractivity contribution in [2.75, 3.05) is 26.2 Å². The van der Waals surface area contributed by atoms with Crippen LogP contribution in [0.5, 0.6) is 0 Å². The third kappa shape index (κ3) is 4.16. The zero-order chi connectivity index (χ0) is 20.4. The third-order valence-electron chi connectivity index (χ3n) is 5.30. The maximum absolute atomic E-state index is 13.1. The fraction of sp³-hybridized carbons (Fsp3) is 0.381. The molecule has 3 aromatic rings. The number of hydrogen-bond acceptors (Lipinski definition) is 5. The van der Waals surface area contributed by atoms with Gasteiger partial charge < -0.3 is 0 Å². The second-order valence-electron chi connectivity index (χ2n) is 7.31. The van der Waals surface area contributed by atoms with Gasteiger partial charge >= 0.3 is 4.87 Å². The van der Waals surface area contributed by atoms with E-state index in [0.717, 1.165) is 34.5 Å². The van der Waals surface area contributed by atoms with Crippen LogP contribution in [0.2, 0.25) is 0 Å². The first-order valence-corrected chi connectivity index (χ1v) is 12.1. The molecular weight excluding hydrogens is 406 g/mol. The number of benzene rings is 2. The number of thiazole rings is 1. The van der Waals surface area contributed by atoms with Crippen molar-refractivity contribution < 1.29 is 8.42 Å². The second-order valence-corrected chi connectivity index (χ2v) is 10.2. The van der Waals surface area contributed by atoms with Crippen molar-refractivity contribution in [2.24, 2.45) is 0 Å². The molecule has 2 heterocycles. The van der Waals surface area contributed by atoms with Gasteiger partial charge in [-0.25, -0.2) is 8.42 Å². The number of aryl methyl sites for hydroxylation is 1. The normalized spacial score (nSPS) is 16.4. The van der Waals surface area contributed by atoms with E-state index in [0.29, 0.717) is 32.7 Å². The highest BCUT2D eigenvalue weighted by molar-refractivity contribution is 7.89. The van der Waals surface area contributed by atoms with Gasteiger partial charge in [0.1, 0.15) is 0 Å². The molecule has 4 rings (SSSR count). The quantitative estimate of drug-likeness (QED) is 0.602. The number of fused-ring (bicyclic) bond motifs is 1. The zero-order valence-corrected chi connectivity index (χ0v) is 18.1. The van der Waals surface area contributed by atoms with Crippen molar-refractivity contribution >= 4 is 31.6 Å². The highest BCUT2D eigenvalue weighted by Gasteiger charge is 2.29. The molecule has 29 heavy (non-hydrogen) atoms. The summed E-state index contributed by atoms with van der Waals surface area (Å²) in [5, 5.41) is 0. The van der Waals surface area contributed by atoms with Crippen molar-refractivity contribution in [2.45, 2.75) is 31.3 Å². The molecule has 1 fully saturated rings. The Morgan fingerprint density at radius 2 is 1.72 bits per heavy atom. The van der Waals surface area contributed by atoms with E-state index in [2.05, 4.69) is 17.0 Å². The number of sulfonamides is 1. The maximum atomic E-state index is 13.1. The molecule has 1 aliphatic rings. The molecule has 8 heteroatoms. The summed E-state index contributed by atoms with van der Waals surface area (Å²) in [7, 11) is -3.56. The number of hydrogen-bond donors (Lipinski definition) is 0. The van der Waals surface area contributed by atoms with E-state index < -0.39 is 10.0 Å². The molecule has 0 saturated carbocycles. The summed E-state index contributed by atoms with van der Waals surface area (Å²) in [5.41, 5.74) is 2.05. The molecule has 0 spiro atoms. The van der Waals surface area contributed by atoms with E-state index in [1.807, 2.05) is 25.1 Å². The minimum absolute atomic E-state index is 0.0362. The summed E-state index contributed by atoms with van der Waals surface area (Å²) in [6.45, 7) is 5.85.